The quantitative estimate of drug-likeness (QED) is 0.851. The van der Waals surface area contributed by atoms with E-state index in [0.717, 1.165) is 38.1 Å². The molecule has 0 bridgehead atoms. The molecule has 4 heteroatoms. The standard InChI is InChI=1S/C16H24N2O2/c1-3-12-8-9-15(20-12)16(19)18-11-5-7-14(18)13-6-4-10-17(13)2/h8-9,13-14H,3-7,10-11H2,1-2H3. The summed E-state index contributed by atoms with van der Waals surface area (Å²) in [6.45, 7) is 4.07. The fourth-order valence-electron chi connectivity index (χ4n) is 3.69. The lowest BCUT2D eigenvalue weighted by Crippen LogP contribution is -2.47. The molecule has 2 unspecified atom stereocenters. The van der Waals surface area contributed by atoms with Crippen LogP contribution >= 0.6 is 0 Å². The largest absolute Gasteiger partial charge is 0.456 e. The monoisotopic (exact) mass is 276 g/mol. The van der Waals surface area contributed by atoms with Gasteiger partial charge in [0.25, 0.3) is 5.91 Å². The van der Waals surface area contributed by atoms with Gasteiger partial charge in [-0.25, -0.2) is 0 Å². The van der Waals surface area contributed by atoms with Crippen molar-refractivity contribution in [1.82, 2.24) is 9.80 Å². The highest BCUT2D eigenvalue weighted by Gasteiger charge is 2.39. The summed E-state index contributed by atoms with van der Waals surface area (Å²) in [6.07, 6.45) is 5.54. The Morgan fingerprint density at radius 3 is 2.65 bits per heavy atom. The Morgan fingerprint density at radius 2 is 2.00 bits per heavy atom. The number of nitrogens with zero attached hydrogens (tertiary/aromatic N) is 2. The number of carbonyl (C=O) groups is 1. The third-order valence-corrected chi connectivity index (χ3v) is 4.80. The van der Waals surface area contributed by atoms with Crippen LogP contribution in [0.15, 0.2) is 16.5 Å². The van der Waals surface area contributed by atoms with Crippen LogP contribution in [0.1, 0.15) is 48.9 Å². The number of likely N-dealkylation sites (N-methyl/N-ethyl adjacent to an activating group) is 1. The molecule has 2 aliphatic rings. The first kappa shape index (κ1) is 13.7. The number of rotatable bonds is 3. The van der Waals surface area contributed by atoms with Crippen LogP contribution in [0.2, 0.25) is 0 Å². The molecule has 1 aromatic heterocycles. The molecule has 1 aromatic rings. The van der Waals surface area contributed by atoms with Crippen LogP contribution in [0.25, 0.3) is 0 Å². The van der Waals surface area contributed by atoms with Crippen molar-refractivity contribution in [3.8, 4) is 0 Å². The van der Waals surface area contributed by atoms with Gasteiger partial charge in [0.05, 0.1) is 0 Å². The highest BCUT2D eigenvalue weighted by molar-refractivity contribution is 5.92. The average Bonchev–Trinajstić information content (AvgIpc) is 3.17. The normalized spacial score (nSPS) is 27.4. The maximum absolute atomic E-state index is 12.7. The maximum Gasteiger partial charge on any atom is 0.289 e. The van der Waals surface area contributed by atoms with Crippen molar-refractivity contribution < 1.29 is 9.21 Å². The van der Waals surface area contributed by atoms with Crippen molar-refractivity contribution >= 4 is 5.91 Å². The highest BCUT2D eigenvalue weighted by atomic mass is 16.4. The summed E-state index contributed by atoms with van der Waals surface area (Å²) in [6, 6.07) is 4.64. The molecule has 0 aromatic carbocycles. The van der Waals surface area contributed by atoms with Crippen molar-refractivity contribution in [3.63, 3.8) is 0 Å². The maximum atomic E-state index is 12.7. The summed E-state index contributed by atoms with van der Waals surface area (Å²) >= 11 is 0. The van der Waals surface area contributed by atoms with Crippen LogP contribution < -0.4 is 0 Å². The lowest BCUT2D eigenvalue weighted by molar-refractivity contribution is 0.0631. The summed E-state index contributed by atoms with van der Waals surface area (Å²) in [5, 5.41) is 0. The summed E-state index contributed by atoms with van der Waals surface area (Å²) < 4.78 is 5.64. The van der Waals surface area contributed by atoms with Gasteiger partial charge in [0.1, 0.15) is 5.76 Å². The number of hydrogen-bond acceptors (Lipinski definition) is 3. The van der Waals surface area contributed by atoms with Gasteiger partial charge in [0, 0.05) is 25.0 Å². The van der Waals surface area contributed by atoms with Gasteiger partial charge in [-0.2, -0.15) is 0 Å². The number of furan rings is 1. The molecule has 2 saturated heterocycles. The lowest BCUT2D eigenvalue weighted by atomic mass is 10.0. The number of aryl methyl sites for hydroxylation is 1. The molecule has 110 valence electrons. The van der Waals surface area contributed by atoms with Gasteiger partial charge in [-0.3, -0.25) is 4.79 Å². The molecule has 0 spiro atoms. The van der Waals surface area contributed by atoms with E-state index in [2.05, 4.69) is 11.9 Å². The molecule has 20 heavy (non-hydrogen) atoms. The summed E-state index contributed by atoms with van der Waals surface area (Å²) in [7, 11) is 2.18. The van der Waals surface area contributed by atoms with Crippen molar-refractivity contribution in [3.05, 3.63) is 23.7 Å². The van der Waals surface area contributed by atoms with Crippen molar-refractivity contribution in [2.45, 2.75) is 51.1 Å². The van der Waals surface area contributed by atoms with Gasteiger partial charge in [-0.05, 0) is 51.4 Å². The van der Waals surface area contributed by atoms with Crippen molar-refractivity contribution in [2.75, 3.05) is 20.1 Å². The van der Waals surface area contributed by atoms with E-state index in [9.17, 15) is 4.79 Å². The fourth-order valence-corrected chi connectivity index (χ4v) is 3.69. The van der Waals surface area contributed by atoms with E-state index in [-0.39, 0.29) is 5.91 Å². The second-order valence-electron chi connectivity index (χ2n) is 6.02. The third-order valence-electron chi connectivity index (χ3n) is 4.80. The number of hydrogen-bond donors (Lipinski definition) is 0. The van der Waals surface area contributed by atoms with Crippen LogP contribution in [-0.4, -0.2) is 47.9 Å². The summed E-state index contributed by atoms with van der Waals surface area (Å²) in [4.78, 5) is 17.1. The minimum absolute atomic E-state index is 0.0764. The van der Waals surface area contributed by atoms with Crippen LogP contribution in [0.5, 0.6) is 0 Å². The molecule has 0 N–H and O–H groups in total. The van der Waals surface area contributed by atoms with Gasteiger partial charge >= 0.3 is 0 Å². The second kappa shape index (κ2) is 5.60. The Balaban J connectivity index is 1.76. The molecule has 2 fully saturated rings. The Bertz CT molecular complexity index is 483. The zero-order chi connectivity index (χ0) is 14.1. The van der Waals surface area contributed by atoms with Crippen LogP contribution in [0.4, 0.5) is 0 Å². The van der Waals surface area contributed by atoms with E-state index in [1.807, 2.05) is 24.0 Å². The molecule has 3 rings (SSSR count). The molecule has 2 aliphatic heterocycles. The predicted octanol–water partition coefficient (Wildman–Crippen LogP) is 2.54. The Kier molecular flexibility index (Phi) is 3.83. The van der Waals surface area contributed by atoms with Crippen LogP contribution in [-0.2, 0) is 6.42 Å². The highest BCUT2D eigenvalue weighted by Crippen LogP contribution is 2.30. The van der Waals surface area contributed by atoms with Gasteiger partial charge in [0.2, 0.25) is 0 Å². The van der Waals surface area contributed by atoms with E-state index in [0.29, 0.717) is 17.8 Å². The number of carbonyl (C=O) groups excluding carboxylic acids is 1. The third kappa shape index (κ3) is 2.37. The van der Waals surface area contributed by atoms with E-state index in [1.54, 1.807) is 0 Å². The Hall–Kier alpha value is -1.29. The summed E-state index contributed by atoms with van der Waals surface area (Å²) in [5.41, 5.74) is 0. The van der Waals surface area contributed by atoms with Gasteiger partial charge in [-0.15, -0.1) is 0 Å². The smallest absolute Gasteiger partial charge is 0.289 e. The molecule has 0 aliphatic carbocycles. The Morgan fingerprint density at radius 1 is 1.25 bits per heavy atom. The zero-order valence-corrected chi connectivity index (χ0v) is 12.5. The predicted molar refractivity (Wildman–Crippen MR) is 77.8 cm³/mol. The SMILES string of the molecule is CCc1ccc(C(=O)N2CCCC2C2CCCN2C)o1. The number of amides is 1. The zero-order valence-electron chi connectivity index (χ0n) is 12.5. The average molecular weight is 276 g/mol. The lowest BCUT2D eigenvalue weighted by Gasteiger charge is -2.32. The molecule has 3 heterocycles. The molecule has 4 nitrogen and oxygen atoms in total. The second-order valence-corrected chi connectivity index (χ2v) is 6.02. The molecule has 0 radical (unpaired) electrons. The van der Waals surface area contributed by atoms with Crippen LogP contribution in [0.3, 0.4) is 0 Å². The van der Waals surface area contributed by atoms with Crippen molar-refractivity contribution in [2.24, 2.45) is 0 Å². The van der Waals surface area contributed by atoms with E-state index in [1.165, 1.54) is 12.8 Å². The topological polar surface area (TPSA) is 36.7 Å². The fraction of sp³-hybridized carbons (Fsp3) is 0.688. The molecule has 0 saturated carbocycles. The van der Waals surface area contributed by atoms with Crippen LogP contribution in [0, 0.1) is 0 Å². The minimum Gasteiger partial charge on any atom is -0.456 e. The van der Waals surface area contributed by atoms with Crippen molar-refractivity contribution in [1.29, 1.82) is 0 Å². The van der Waals surface area contributed by atoms with Gasteiger partial charge in [0.15, 0.2) is 5.76 Å². The molecular formula is C16H24N2O2. The number of likely N-dealkylation sites (tertiary alicyclic amines) is 2. The first-order chi connectivity index (χ1) is 9.70. The van der Waals surface area contributed by atoms with E-state index < -0.39 is 0 Å². The first-order valence-electron chi connectivity index (χ1n) is 7.80. The van der Waals surface area contributed by atoms with Gasteiger partial charge in [-0.1, -0.05) is 6.92 Å². The summed E-state index contributed by atoms with van der Waals surface area (Å²) in [5.74, 6) is 1.48. The molecule has 1 amide bonds. The Labute approximate surface area is 120 Å². The van der Waals surface area contributed by atoms with E-state index in [4.69, 9.17) is 4.42 Å². The first-order valence-corrected chi connectivity index (χ1v) is 7.80. The minimum atomic E-state index is 0.0764. The van der Waals surface area contributed by atoms with Gasteiger partial charge < -0.3 is 14.2 Å². The molecule has 2 atom stereocenters. The molecular weight excluding hydrogens is 252 g/mol. The van der Waals surface area contributed by atoms with E-state index >= 15 is 0 Å².